The molecule has 0 bridgehead atoms. The van der Waals surface area contributed by atoms with Crippen molar-refractivity contribution in [3.05, 3.63) is 40.6 Å². The molecule has 0 fully saturated rings. The molecule has 0 spiro atoms. The molecule has 128 valence electrons. The monoisotopic (exact) mass is 338 g/mol. The van der Waals surface area contributed by atoms with Crippen LogP contribution >= 0.6 is 0 Å². The Morgan fingerprint density at radius 2 is 1.42 bits per heavy atom. The van der Waals surface area contributed by atoms with Crippen molar-refractivity contribution in [2.24, 2.45) is 0 Å². The summed E-state index contributed by atoms with van der Waals surface area (Å²) in [7, 11) is 0. The van der Waals surface area contributed by atoms with Gasteiger partial charge in [-0.3, -0.25) is 4.79 Å². The van der Waals surface area contributed by atoms with Crippen LogP contribution in [0.15, 0.2) is 39.5 Å². The Morgan fingerprint density at radius 3 is 2.04 bits per heavy atom. The number of phenolic OH excluding ortho intramolecular Hbond substituents is 4. The highest BCUT2D eigenvalue weighted by Gasteiger charge is 2.20. The van der Waals surface area contributed by atoms with E-state index in [1.807, 2.05) is 0 Å². The van der Waals surface area contributed by atoms with Crippen LogP contribution in [-0.2, 0) is 0 Å². The number of rotatable bonds is 1. The molecule has 9 nitrogen and oxygen atoms in total. The van der Waals surface area contributed by atoms with Crippen LogP contribution < -0.4 is 5.43 Å². The predicted octanol–water partition coefficient (Wildman–Crippen LogP) is 0.339. The first-order chi connectivity index (χ1) is 10.4. The van der Waals surface area contributed by atoms with Gasteiger partial charge in [-0.1, -0.05) is 0 Å². The Hall–Kier alpha value is -3.43. The summed E-state index contributed by atoms with van der Waals surface area (Å²) in [4.78, 5) is 12.2. The van der Waals surface area contributed by atoms with E-state index in [0.29, 0.717) is 0 Å². The summed E-state index contributed by atoms with van der Waals surface area (Å²) in [6.45, 7) is 0. The summed E-state index contributed by atoms with van der Waals surface area (Å²) in [6, 6.07) is 5.53. The second-order valence-corrected chi connectivity index (χ2v) is 4.65. The lowest BCUT2D eigenvalue weighted by Gasteiger charge is -2.09. The molecule has 3 aromatic rings. The van der Waals surface area contributed by atoms with Crippen molar-refractivity contribution in [2.45, 2.75) is 0 Å². The van der Waals surface area contributed by atoms with E-state index >= 15 is 0 Å². The molecule has 0 amide bonds. The largest absolute Gasteiger partial charge is 0.508 e. The van der Waals surface area contributed by atoms with Crippen LogP contribution in [0.5, 0.6) is 28.7 Å². The van der Waals surface area contributed by atoms with E-state index in [4.69, 9.17) is 4.42 Å². The van der Waals surface area contributed by atoms with E-state index in [1.54, 1.807) is 0 Å². The van der Waals surface area contributed by atoms with E-state index in [9.17, 15) is 30.3 Å². The summed E-state index contributed by atoms with van der Waals surface area (Å²) in [5.74, 6) is -2.66. The highest BCUT2D eigenvalue weighted by Crippen LogP contribution is 2.39. The molecule has 3 rings (SSSR count). The van der Waals surface area contributed by atoms with Gasteiger partial charge in [0, 0.05) is 18.2 Å². The molecule has 9 N–H and O–H groups in total. The van der Waals surface area contributed by atoms with Gasteiger partial charge in [0.1, 0.15) is 34.0 Å². The third-order valence-electron chi connectivity index (χ3n) is 3.16. The van der Waals surface area contributed by atoms with E-state index in [1.165, 1.54) is 12.1 Å². The van der Waals surface area contributed by atoms with Crippen LogP contribution in [0.4, 0.5) is 0 Å². The minimum Gasteiger partial charge on any atom is -0.508 e. The minimum atomic E-state index is -0.916. The van der Waals surface area contributed by atoms with Crippen molar-refractivity contribution in [2.75, 3.05) is 0 Å². The van der Waals surface area contributed by atoms with Gasteiger partial charge in [-0.2, -0.15) is 0 Å². The zero-order valence-electron chi connectivity index (χ0n) is 11.9. The molecule has 0 aliphatic carbocycles. The van der Waals surface area contributed by atoms with Crippen LogP contribution in [0.3, 0.4) is 0 Å². The first-order valence-corrected chi connectivity index (χ1v) is 6.12. The molecule has 0 unspecified atom stereocenters. The number of hydrogen-bond donors (Lipinski definition) is 5. The SMILES string of the molecule is O.O.O=c1c(O)c(-c2ccc(O)cc2O)oc2cc(O)cc(O)c12. The molecule has 1 aromatic heterocycles. The van der Waals surface area contributed by atoms with Gasteiger partial charge in [-0.15, -0.1) is 0 Å². The zero-order chi connectivity index (χ0) is 16.0. The fourth-order valence-electron chi connectivity index (χ4n) is 2.17. The van der Waals surface area contributed by atoms with E-state index in [-0.39, 0.29) is 44.7 Å². The lowest BCUT2D eigenvalue weighted by atomic mass is 10.1. The van der Waals surface area contributed by atoms with Gasteiger partial charge in [-0.05, 0) is 12.1 Å². The molecule has 0 aliphatic rings. The van der Waals surface area contributed by atoms with Crippen molar-refractivity contribution >= 4 is 11.0 Å². The number of fused-ring (bicyclic) bond motifs is 1. The maximum atomic E-state index is 12.2. The molecule has 0 saturated carbocycles. The predicted molar refractivity (Wildman–Crippen MR) is 83.5 cm³/mol. The molecule has 1 heterocycles. The van der Waals surface area contributed by atoms with E-state index < -0.39 is 22.7 Å². The Kier molecular flexibility index (Phi) is 4.94. The number of hydrogen-bond acceptors (Lipinski definition) is 7. The maximum Gasteiger partial charge on any atom is 0.238 e. The average Bonchev–Trinajstić information content (AvgIpc) is 2.42. The standard InChI is InChI=1S/C15H10O7.2H2O/c16-6-1-2-8(9(18)3-6)15-14(21)13(20)12-10(19)4-7(17)5-11(12)22-15;;/h1-5,16-19,21H;2*1H2. The number of benzene rings is 2. The van der Waals surface area contributed by atoms with Crippen molar-refractivity contribution in [1.82, 2.24) is 0 Å². The van der Waals surface area contributed by atoms with Gasteiger partial charge in [0.25, 0.3) is 0 Å². The summed E-state index contributed by atoms with van der Waals surface area (Å²) in [5, 5.41) is 47.9. The van der Waals surface area contributed by atoms with Gasteiger partial charge >= 0.3 is 0 Å². The normalized spacial score (nSPS) is 10.0. The quantitative estimate of drug-likeness (QED) is 0.421. The van der Waals surface area contributed by atoms with Crippen LogP contribution in [-0.4, -0.2) is 36.5 Å². The Morgan fingerprint density at radius 1 is 0.792 bits per heavy atom. The maximum absolute atomic E-state index is 12.2. The van der Waals surface area contributed by atoms with Crippen LogP contribution in [0, 0.1) is 0 Å². The van der Waals surface area contributed by atoms with Gasteiger partial charge in [0.05, 0.1) is 5.56 Å². The van der Waals surface area contributed by atoms with Gasteiger partial charge in [-0.25, -0.2) is 0 Å². The molecule has 0 aliphatic heterocycles. The second kappa shape index (κ2) is 6.36. The van der Waals surface area contributed by atoms with E-state index in [0.717, 1.165) is 18.2 Å². The summed E-state index contributed by atoms with van der Waals surface area (Å²) < 4.78 is 5.33. The second-order valence-electron chi connectivity index (χ2n) is 4.65. The third-order valence-corrected chi connectivity index (χ3v) is 3.16. The molecule has 2 aromatic carbocycles. The number of phenols is 4. The fraction of sp³-hybridized carbons (Fsp3) is 0. The Bertz CT molecular complexity index is 959. The number of aromatic hydroxyl groups is 5. The Labute approximate surface area is 133 Å². The Balaban J connectivity index is 0.00000144. The van der Waals surface area contributed by atoms with Crippen molar-refractivity contribution in [3.63, 3.8) is 0 Å². The topological polar surface area (TPSA) is 194 Å². The molecular formula is C15H14O9. The molecule has 9 heteroatoms. The highest BCUT2D eigenvalue weighted by atomic mass is 16.4. The van der Waals surface area contributed by atoms with Crippen molar-refractivity contribution in [1.29, 1.82) is 0 Å². The van der Waals surface area contributed by atoms with E-state index in [2.05, 4.69) is 0 Å². The van der Waals surface area contributed by atoms with Gasteiger partial charge in [0.2, 0.25) is 11.2 Å². The first-order valence-electron chi connectivity index (χ1n) is 6.12. The fourth-order valence-corrected chi connectivity index (χ4v) is 2.17. The molecule has 24 heavy (non-hydrogen) atoms. The lowest BCUT2D eigenvalue weighted by molar-refractivity contribution is 0.433. The summed E-state index contributed by atoms with van der Waals surface area (Å²) in [6.07, 6.45) is 0. The van der Waals surface area contributed by atoms with Crippen molar-refractivity contribution in [3.8, 4) is 40.1 Å². The molecule has 0 radical (unpaired) electrons. The average molecular weight is 338 g/mol. The molecular weight excluding hydrogens is 324 g/mol. The lowest BCUT2D eigenvalue weighted by Crippen LogP contribution is -2.03. The van der Waals surface area contributed by atoms with Crippen LogP contribution in [0.25, 0.3) is 22.3 Å². The smallest absolute Gasteiger partial charge is 0.238 e. The first kappa shape index (κ1) is 18.6. The van der Waals surface area contributed by atoms with Crippen molar-refractivity contribution < 1.29 is 40.9 Å². The van der Waals surface area contributed by atoms with Gasteiger partial charge in [0.15, 0.2) is 5.76 Å². The van der Waals surface area contributed by atoms with Crippen LogP contribution in [0.2, 0.25) is 0 Å². The third kappa shape index (κ3) is 2.76. The molecule has 0 saturated heterocycles. The van der Waals surface area contributed by atoms with Crippen LogP contribution in [0.1, 0.15) is 0 Å². The highest BCUT2D eigenvalue weighted by molar-refractivity contribution is 5.88. The summed E-state index contributed by atoms with van der Waals surface area (Å²) >= 11 is 0. The molecule has 0 atom stereocenters. The zero-order valence-corrected chi connectivity index (χ0v) is 11.9. The summed E-state index contributed by atoms with van der Waals surface area (Å²) in [5.41, 5.74) is -1.11. The minimum absolute atomic E-state index is 0. The van der Waals surface area contributed by atoms with Gasteiger partial charge < -0.3 is 40.9 Å².